The minimum Gasteiger partial charge on any atom is -0.316 e. The molecular weight excluding hydrogens is 295 g/mol. The van der Waals surface area contributed by atoms with Gasteiger partial charge in [-0.3, -0.25) is 14.5 Å². The average molecular weight is 309 g/mol. The van der Waals surface area contributed by atoms with E-state index < -0.39 is 29.1 Å². The quantitative estimate of drug-likeness (QED) is 0.795. The topological polar surface area (TPSA) is 61.8 Å². The van der Waals surface area contributed by atoms with Crippen LogP contribution in [0.5, 0.6) is 0 Å². The molecule has 1 N–H and O–H groups in total. The molecule has 5 nitrogen and oxygen atoms in total. The molecule has 0 aromatic rings. The van der Waals surface area contributed by atoms with Crippen molar-refractivity contribution in [2.24, 2.45) is 10.4 Å². The maximum absolute atomic E-state index is 13.3. The third kappa shape index (κ3) is 2.17. The first-order valence-corrected chi connectivity index (χ1v) is 6.91. The molecule has 1 atom stereocenters. The lowest BCUT2D eigenvalue weighted by atomic mass is 9.94. The average Bonchev–Trinajstić information content (AvgIpc) is 2.80. The minimum absolute atomic E-state index is 0.0153. The van der Waals surface area contributed by atoms with Gasteiger partial charge in [0, 0.05) is 17.7 Å². The zero-order chi connectivity index (χ0) is 15.3. The number of fused-ring (bicyclic) bond motifs is 1. The van der Waals surface area contributed by atoms with Gasteiger partial charge in [0.15, 0.2) is 5.17 Å². The molecule has 1 fully saturated rings. The number of aliphatic imine (C=N–C) groups is 1. The maximum atomic E-state index is 13.3. The van der Waals surface area contributed by atoms with Crippen LogP contribution >= 0.6 is 11.8 Å². The first kappa shape index (κ1) is 15.1. The molecule has 0 spiro atoms. The van der Waals surface area contributed by atoms with E-state index in [9.17, 15) is 22.8 Å². The predicted molar refractivity (Wildman–Crippen MR) is 68.0 cm³/mol. The summed E-state index contributed by atoms with van der Waals surface area (Å²) in [5.74, 6) is -1.60. The van der Waals surface area contributed by atoms with Gasteiger partial charge < -0.3 is 5.32 Å². The normalized spacial score (nSPS) is 26.6. The molecule has 9 heteroatoms. The number of hydrogen-bond donors (Lipinski definition) is 1. The van der Waals surface area contributed by atoms with Crippen molar-refractivity contribution in [1.29, 1.82) is 0 Å². The van der Waals surface area contributed by atoms with Crippen LogP contribution in [-0.4, -0.2) is 46.0 Å². The Morgan fingerprint density at radius 3 is 2.45 bits per heavy atom. The monoisotopic (exact) mass is 309 g/mol. The standard InChI is InChI=1S/C11H14F3N3O2S/c1-9(2,3)6(18)15-10(11(12,13)14)7(19)17-4-5-20-8(17)16-10/h4-5H2,1-3H3,(H,15,18)/t10-/m0/s1. The van der Waals surface area contributed by atoms with Crippen LogP contribution in [0.1, 0.15) is 20.8 Å². The molecule has 0 radical (unpaired) electrons. The van der Waals surface area contributed by atoms with E-state index >= 15 is 0 Å². The second-order valence-corrected chi connectivity index (χ2v) is 6.67. The second kappa shape index (κ2) is 4.37. The number of alkyl halides is 3. The van der Waals surface area contributed by atoms with Gasteiger partial charge in [0.2, 0.25) is 5.91 Å². The van der Waals surface area contributed by atoms with E-state index in [1.807, 2.05) is 0 Å². The van der Waals surface area contributed by atoms with Crippen molar-refractivity contribution in [1.82, 2.24) is 10.2 Å². The summed E-state index contributed by atoms with van der Waals surface area (Å²) in [5, 5.41) is 1.81. The summed E-state index contributed by atoms with van der Waals surface area (Å²) in [6, 6.07) is 0. The highest BCUT2D eigenvalue weighted by molar-refractivity contribution is 8.14. The molecular formula is C11H14F3N3O2S. The van der Waals surface area contributed by atoms with Crippen molar-refractivity contribution in [2.75, 3.05) is 12.3 Å². The zero-order valence-corrected chi connectivity index (χ0v) is 12.0. The van der Waals surface area contributed by atoms with E-state index in [0.717, 1.165) is 16.7 Å². The van der Waals surface area contributed by atoms with Crippen LogP contribution in [-0.2, 0) is 9.59 Å². The number of carbonyl (C=O) groups is 2. The van der Waals surface area contributed by atoms with Gasteiger partial charge >= 0.3 is 11.8 Å². The number of rotatable bonds is 1. The Kier molecular flexibility index (Phi) is 3.31. The summed E-state index contributed by atoms with van der Waals surface area (Å²) in [6.45, 7) is 4.57. The van der Waals surface area contributed by atoms with E-state index in [0.29, 0.717) is 5.75 Å². The number of amidine groups is 1. The van der Waals surface area contributed by atoms with Gasteiger partial charge in [-0.1, -0.05) is 32.5 Å². The third-order valence-electron chi connectivity index (χ3n) is 2.98. The van der Waals surface area contributed by atoms with Crippen LogP contribution in [0.25, 0.3) is 0 Å². The van der Waals surface area contributed by atoms with Crippen LogP contribution in [0, 0.1) is 5.41 Å². The SMILES string of the molecule is CC(C)(C)C(=O)N[C@]1(C(F)(F)F)N=C2SCCN2C1=O. The number of amides is 2. The van der Waals surface area contributed by atoms with Crippen LogP contribution in [0.4, 0.5) is 13.2 Å². The Labute approximate surface area is 118 Å². The van der Waals surface area contributed by atoms with Gasteiger partial charge in [-0.2, -0.15) is 13.2 Å². The molecule has 0 unspecified atom stereocenters. The van der Waals surface area contributed by atoms with E-state index in [1.54, 1.807) is 5.32 Å². The Balaban J connectivity index is 2.42. The van der Waals surface area contributed by atoms with E-state index in [-0.39, 0.29) is 11.7 Å². The number of hydrogen-bond acceptors (Lipinski definition) is 4. The number of nitrogens with one attached hydrogen (secondary N) is 1. The molecule has 0 aromatic carbocycles. The van der Waals surface area contributed by atoms with Crippen molar-refractivity contribution in [2.45, 2.75) is 32.6 Å². The Hall–Kier alpha value is -1.25. The summed E-state index contributed by atoms with van der Waals surface area (Å²) < 4.78 is 40.0. The number of nitrogens with zero attached hydrogens (tertiary/aromatic N) is 2. The highest BCUT2D eigenvalue weighted by atomic mass is 32.2. The Morgan fingerprint density at radius 2 is 2.00 bits per heavy atom. The van der Waals surface area contributed by atoms with E-state index in [4.69, 9.17) is 0 Å². The van der Waals surface area contributed by atoms with Gasteiger partial charge in [-0.15, -0.1) is 0 Å². The molecule has 112 valence electrons. The van der Waals surface area contributed by atoms with Gasteiger partial charge in [-0.25, -0.2) is 4.99 Å². The first-order chi connectivity index (χ1) is 8.99. The molecule has 0 bridgehead atoms. The Bertz CT molecular complexity index is 498. The van der Waals surface area contributed by atoms with Crippen molar-refractivity contribution in [3.05, 3.63) is 0 Å². The molecule has 1 saturated heterocycles. The van der Waals surface area contributed by atoms with Crippen LogP contribution in [0.2, 0.25) is 0 Å². The molecule has 2 amide bonds. The molecule has 2 rings (SSSR count). The fraction of sp³-hybridized carbons (Fsp3) is 0.727. The number of carbonyl (C=O) groups excluding carboxylic acids is 2. The van der Waals surface area contributed by atoms with E-state index in [2.05, 4.69) is 4.99 Å². The molecule has 0 aromatic heterocycles. The van der Waals surface area contributed by atoms with Gasteiger partial charge in [0.05, 0.1) is 0 Å². The third-order valence-corrected chi connectivity index (χ3v) is 3.94. The molecule has 2 aliphatic heterocycles. The summed E-state index contributed by atoms with van der Waals surface area (Å²) >= 11 is 1.07. The first-order valence-electron chi connectivity index (χ1n) is 5.93. The van der Waals surface area contributed by atoms with Gasteiger partial charge in [-0.05, 0) is 0 Å². The largest absolute Gasteiger partial charge is 0.442 e. The number of halogens is 3. The highest BCUT2D eigenvalue weighted by Gasteiger charge is 2.68. The minimum atomic E-state index is -4.98. The second-order valence-electron chi connectivity index (χ2n) is 5.61. The fourth-order valence-corrected chi connectivity index (χ4v) is 2.75. The summed E-state index contributed by atoms with van der Waals surface area (Å²) in [6.07, 6.45) is -4.98. The summed E-state index contributed by atoms with van der Waals surface area (Å²) in [5.41, 5.74) is -4.24. The molecule has 20 heavy (non-hydrogen) atoms. The number of thioether (sulfide) groups is 1. The van der Waals surface area contributed by atoms with Crippen molar-refractivity contribution in [3.63, 3.8) is 0 Å². The van der Waals surface area contributed by atoms with Gasteiger partial charge in [0.25, 0.3) is 5.91 Å². The zero-order valence-electron chi connectivity index (χ0n) is 11.2. The van der Waals surface area contributed by atoms with E-state index in [1.165, 1.54) is 20.8 Å². The lowest BCUT2D eigenvalue weighted by Crippen LogP contribution is -2.64. The molecule has 2 heterocycles. The van der Waals surface area contributed by atoms with Crippen LogP contribution < -0.4 is 5.32 Å². The lowest BCUT2D eigenvalue weighted by molar-refractivity contribution is -0.201. The van der Waals surface area contributed by atoms with Crippen molar-refractivity contribution in [3.8, 4) is 0 Å². The fourth-order valence-electron chi connectivity index (χ4n) is 1.76. The predicted octanol–water partition coefficient (Wildman–Crippen LogP) is 1.35. The molecule has 0 aliphatic carbocycles. The highest BCUT2D eigenvalue weighted by Crippen LogP contribution is 2.41. The summed E-state index contributed by atoms with van der Waals surface area (Å²) in [4.78, 5) is 28.4. The van der Waals surface area contributed by atoms with Crippen LogP contribution in [0.3, 0.4) is 0 Å². The van der Waals surface area contributed by atoms with Crippen molar-refractivity contribution >= 4 is 28.7 Å². The van der Waals surface area contributed by atoms with Crippen molar-refractivity contribution < 1.29 is 22.8 Å². The molecule has 0 saturated carbocycles. The lowest BCUT2D eigenvalue weighted by Gasteiger charge is -2.31. The Morgan fingerprint density at radius 1 is 1.40 bits per heavy atom. The molecule has 2 aliphatic rings. The van der Waals surface area contributed by atoms with Crippen LogP contribution in [0.15, 0.2) is 4.99 Å². The maximum Gasteiger partial charge on any atom is 0.442 e. The summed E-state index contributed by atoms with van der Waals surface area (Å²) in [7, 11) is 0. The van der Waals surface area contributed by atoms with Gasteiger partial charge in [0.1, 0.15) is 0 Å². The smallest absolute Gasteiger partial charge is 0.316 e.